The molecule has 0 aromatic heterocycles. The summed E-state index contributed by atoms with van der Waals surface area (Å²) in [5.41, 5.74) is 10.3. The minimum Gasteiger partial charge on any atom is -0.453 e. The molecule has 2 aromatic carbocycles. The van der Waals surface area contributed by atoms with Gasteiger partial charge in [0.25, 0.3) is 11.8 Å². The summed E-state index contributed by atoms with van der Waals surface area (Å²) >= 11 is 0. The normalized spacial score (nSPS) is 18.3. The summed E-state index contributed by atoms with van der Waals surface area (Å²) in [6, 6.07) is 14.8. The van der Waals surface area contributed by atoms with Crippen molar-refractivity contribution in [3.05, 3.63) is 70.9 Å². The molecule has 0 spiro atoms. The fourth-order valence-electron chi connectivity index (χ4n) is 5.40. The molecule has 11 nitrogen and oxygen atoms in total. The van der Waals surface area contributed by atoms with Gasteiger partial charge in [0.1, 0.15) is 5.84 Å². The summed E-state index contributed by atoms with van der Waals surface area (Å²) in [7, 11) is 0. The molecular weight excluding hydrogens is 538 g/mol. The van der Waals surface area contributed by atoms with Crippen molar-refractivity contribution in [2.45, 2.75) is 25.9 Å². The van der Waals surface area contributed by atoms with E-state index in [4.69, 9.17) is 25.4 Å². The van der Waals surface area contributed by atoms with Gasteiger partial charge in [0.05, 0.1) is 38.5 Å². The average molecular weight is 576 g/mol. The van der Waals surface area contributed by atoms with Gasteiger partial charge in [-0.1, -0.05) is 24.3 Å². The molecule has 0 saturated carbocycles. The number of ether oxygens (including phenoxy) is 3. The van der Waals surface area contributed by atoms with Crippen LogP contribution < -0.4 is 10.6 Å². The summed E-state index contributed by atoms with van der Waals surface area (Å²) in [6.45, 7) is 6.63. The lowest BCUT2D eigenvalue weighted by molar-refractivity contribution is -0.160. The van der Waals surface area contributed by atoms with Gasteiger partial charge in [0, 0.05) is 49.5 Å². The molecule has 2 amide bonds. The Morgan fingerprint density at radius 3 is 2.19 bits per heavy atom. The SMILES string of the molecule is CC(OC(=O)CCc1ccc(C2=C(N3CCOCC3)CN(c3ccc(C(=N)N)cc3)C2=O)cc1)C(=O)N1CCOCC1. The molecule has 42 heavy (non-hydrogen) atoms. The van der Waals surface area contributed by atoms with Crippen LogP contribution >= 0.6 is 0 Å². The highest BCUT2D eigenvalue weighted by molar-refractivity contribution is 6.29. The highest BCUT2D eigenvalue weighted by Crippen LogP contribution is 2.34. The van der Waals surface area contributed by atoms with E-state index in [9.17, 15) is 14.4 Å². The molecule has 0 radical (unpaired) electrons. The van der Waals surface area contributed by atoms with Crippen LogP contribution in [0.1, 0.15) is 30.0 Å². The first-order valence-electron chi connectivity index (χ1n) is 14.3. The van der Waals surface area contributed by atoms with Crippen LogP contribution in [0.25, 0.3) is 5.57 Å². The zero-order valence-corrected chi connectivity index (χ0v) is 23.8. The van der Waals surface area contributed by atoms with Gasteiger partial charge in [-0.15, -0.1) is 0 Å². The number of morpholine rings is 2. The highest BCUT2D eigenvalue weighted by atomic mass is 16.5. The number of rotatable bonds is 9. The van der Waals surface area contributed by atoms with E-state index in [1.807, 2.05) is 36.4 Å². The number of benzene rings is 2. The summed E-state index contributed by atoms with van der Waals surface area (Å²) in [4.78, 5) is 44.4. The van der Waals surface area contributed by atoms with E-state index in [2.05, 4.69) is 4.90 Å². The van der Waals surface area contributed by atoms with E-state index >= 15 is 0 Å². The maximum atomic E-state index is 13.8. The smallest absolute Gasteiger partial charge is 0.306 e. The van der Waals surface area contributed by atoms with Crippen LogP contribution in [0.2, 0.25) is 0 Å². The first-order valence-corrected chi connectivity index (χ1v) is 14.3. The monoisotopic (exact) mass is 575 g/mol. The van der Waals surface area contributed by atoms with Gasteiger partial charge in [-0.05, 0) is 48.7 Å². The van der Waals surface area contributed by atoms with Gasteiger partial charge < -0.3 is 34.6 Å². The molecule has 0 bridgehead atoms. The van der Waals surface area contributed by atoms with E-state index in [0.717, 1.165) is 22.5 Å². The largest absolute Gasteiger partial charge is 0.453 e. The van der Waals surface area contributed by atoms with Gasteiger partial charge in [0.15, 0.2) is 6.10 Å². The van der Waals surface area contributed by atoms with E-state index in [-0.39, 0.29) is 24.1 Å². The molecular formula is C31H37N5O6. The van der Waals surface area contributed by atoms with Crippen molar-refractivity contribution in [1.29, 1.82) is 5.41 Å². The Morgan fingerprint density at radius 1 is 0.952 bits per heavy atom. The number of esters is 1. The van der Waals surface area contributed by atoms with Gasteiger partial charge in [0.2, 0.25) is 0 Å². The lowest BCUT2D eigenvalue weighted by Gasteiger charge is -2.30. The Bertz CT molecular complexity index is 1340. The van der Waals surface area contributed by atoms with Crippen LogP contribution in [0.5, 0.6) is 0 Å². The topological polar surface area (TPSA) is 138 Å². The van der Waals surface area contributed by atoms with Crippen molar-refractivity contribution in [1.82, 2.24) is 9.80 Å². The molecule has 1 atom stereocenters. The zero-order chi connectivity index (χ0) is 29.6. The summed E-state index contributed by atoms with van der Waals surface area (Å²) in [6.07, 6.45) is -0.237. The van der Waals surface area contributed by atoms with Gasteiger partial charge >= 0.3 is 5.97 Å². The molecule has 3 aliphatic rings. The van der Waals surface area contributed by atoms with Crippen LogP contribution in [0.15, 0.2) is 54.2 Å². The minimum absolute atomic E-state index is 0.0218. The molecule has 5 rings (SSSR count). The van der Waals surface area contributed by atoms with Crippen LogP contribution in [0, 0.1) is 5.41 Å². The van der Waals surface area contributed by atoms with Gasteiger partial charge in [-0.2, -0.15) is 0 Å². The lowest BCUT2D eigenvalue weighted by atomic mass is 10.0. The van der Waals surface area contributed by atoms with Crippen molar-refractivity contribution >= 4 is 34.9 Å². The number of nitrogens with one attached hydrogen (secondary N) is 1. The predicted molar refractivity (Wildman–Crippen MR) is 157 cm³/mol. The second-order valence-corrected chi connectivity index (χ2v) is 10.5. The van der Waals surface area contributed by atoms with E-state index in [0.29, 0.717) is 76.7 Å². The Balaban J connectivity index is 1.25. The average Bonchev–Trinajstić information content (AvgIpc) is 3.37. The molecule has 2 fully saturated rings. The molecule has 0 aliphatic carbocycles. The Hall–Kier alpha value is -4.22. The quantitative estimate of drug-likeness (QED) is 0.262. The standard InChI is InChI=1S/C31H37N5O6/c1-21(30(38)35-14-18-41-19-15-35)42-27(37)11-4-22-2-5-23(6-3-22)28-26(34-12-16-40-17-13-34)20-36(31(28)39)25-9-7-24(8-10-25)29(32)33/h2-3,5-10,21H,4,11-20H2,1H3,(H3,32,33). The Labute approximate surface area is 245 Å². The summed E-state index contributed by atoms with van der Waals surface area (Å²) < 4.78 is 16.2. The molecule has 11 heteroatoms. The van der Waals surface area contributed by atoms with Gasteiger partial charge in [-0.3, -0.25) is 19.8 Å². The van der Waals surface area contributed by atoms with Crippen LogP contribution in [-0.2, 0) is 35.0 Å². The molecule has 3 heterocycles. The Morgan fingerprint density at radius 2 is 1.57 bits per heavy atom. The number of nitrogens with zero attached hydrogens (tertiary/aromatic N) is 3. The molecule has 3 N–H and O–H groups in total. The zero-order valence-electron chi connectivity index (χ0n) is 23.8. The lowest BCUT2D eigenvalue weighted by Crippen LogP contribution is -2.46. The van der Waals surface area contributed by atoms with Crippen LogP contribution in [-0.4, -0.2) is 98.7 Å². The third-order valence-corrected chi connectivity index (χ3v) is 7.78. The van der Waals surface area contributed by atoms with Crippen molar-refractivity contribution in [2.24, 2.45) is 5.73 Å². The number of hydrogen-bond donors (Lipinski definition) is 2. The number of aryl methyl sites for hydroxylation is 1. The minimum atomic E-state index is -0.835. The van der Waals surface area contributed by atoms with Crippen molar-refractivity contribution in [3.8, 4) is 0 Å². The first-order chi connectivity index (χ1) is 20.3. The molecule has 2 saturated heterocycles. The van der Waals surface area contributed by atoms with Crippen molar-refractivity contribution in [2.75, 3.05) is 64.1 Å². The summed E-state index contributed by atoms with van der Waals surface area (Å²) in [5, 5.41) is 7.65. The number of carbonyl (C=O) groups is 3. The number of amidine groups is 1. The van der Waals surface area contributed by atoms with E-state index < -0.39 is 12.1 Å². The molecule has 2 aromatic rings. The van der Waals surface area contributed by atoms with E-state index in [1.165, 1.54) is 0 Å². The highest BCUT2D eigenvalue weighted by Gasteiger charge is 2.35. The fraction of sp³-hybridized carbons (Fsp3) is 0.419. The molecule has 222 valence electrons. The number of carbonyl (C=O) groups excluding carboxylic acids is 3. The first kappa shape index (κ1) is 29.3. The van der Waals surface area contributed by atoms with Crippen LogP contribution in [0.4, 0.5) is 5.69 Å². The number of nitrogens with two attached hydrogens (primary N) is 1. The molecule has 1 unspecified atom stereocenters. The number of amides is 2. The van der Waals surface area contributed by atoms with Crippen LogP contribution in [0.3, 0.4) is 0 Å². The Kier molecular flexibility index (Phi) is 9.19. The van der Waals surface area contributed by atoms with E-state index in [1.54, 1.807) is 28.9 Å². The van der Waals surface area contributed by atoms with Gasteiger partial charge in [-0.25, -0.2) is 0 Å². The fourth-order valence-corrected chi connectivity index (χ4v) is 5.40. The second-order valence-electron chi connectivity index (χ2n) is 10.5. The summed E-state index contributed by atoms with van der Waals surface area (Å²) in [5.74, 6) is -0.748. The number of nitrogen functional groups attached to an aromatic ring is 1. The second kappa shape index (κ2) is 13.2. The van der Waals surface area contributed by atoms with Crippen molar-refractivity contribution in [3.63, 3.8) is 0 Å². The number of anilines is 1. The number of hydrogen-bond acceptors (Lipinski definition) is 8. The third-order valence-electron chi connectivity index (χ3n) is 7.78. The maximum Gasteiger partial charge on any atom is 0.306 e. The maximum absolute atomic E-state index is 13.8. The predicted octanol–water partition coefficient (Wildman–Crippen LogP) is 1.78. The third kappa shape index (κ3) is 6.63. The molecule has 3 aliphatic heterocycles. The van der Waals surface area contributed by atoms with Crippen molar-refractivity contribution < 1.29 is 28.6 Å².